The van der Waals surface area contributed by atoms with Crippen LogP contribution in [0.4, 0.5) is 5.69 Å². The molecule has 0 saturated heterocycles. The molecule has 1 atom stereocenters. The first-order valence-corrected chi connectivity index (χ1v) is 7.89. The molecule has 6 heteroatoms. The van der Waals surface area contributed by atoms with Crippen LogP contribution in [0.3, 0.4) is 0 Å². The summed E-state index contributed by atoms with van der Waals surface area (Å²) in [5.74, 6) is 0.310. The molecule has 0 aliphatic carbocycles. The van der Waals surface area contributed by atoms with Gasteiger partial charge in [0.2, 0.25) is 11.8 Å². The molecule has 116 valence electrons. The van der Waals surface area contributed by atoms with E-state index in [1.165, 1.54) is 11.8 Å². The van der Waals surface area contributed by atoms with Crippen molar-refractivity contribution in [2.75, 3.05) is 30.5 Å². The van der Waals surface area contributed by atoms with Gasteiger partial charge in [-0.1, -0.05) is 17.7 Å². The second kappa shape index (κ2) is 9.41. The SMILES string of the molecule is COCC(C)NC(=O)CSCC(=O)Nc1ccc(C)cc1. The summed E-state index contributed by atoms with van der Waals surface area (Å²) in [6, 6.07) is 7.57. The Balaban J connectivity index is 2.21. The second-order valence-electron chi connectivity index (χ2n) is 4.83. The third-order valence-electron chi connectivity index (χ3n) is 2.63. The van der Waals surface area contributed by atoms with Crippen LogP contribution in [-0.2, 0) is 14.3 Å². The van der Waals surface area contributed by atoms with Gasteiger partial charge >= 0.3 is 0 Å². The van der Waals surface area contributed by atoms with Crippen molar-refractivity contribution in [3.05, 3.63) is 29.8 Å². The van der Waals surface area contributed by atoms with Crippen molar-refractivity contribution < 1.29 is 14.3 Å². The van der Waals surface area contributed by atoms with E-state index in [2.05, 4.69) is 10.6 Å². The van der Waals surface area contributed by atoms with Crippen LogP contribution in [0, 0.1) is 6.92 Å². The van der Waals surface area contributed by atoms with E-state index >= 15 is 0 Å². The largest absolute Gasteiger partial charge is 0.383 e. The Bertz CT molecular complexity index is 462. The summed E-state index contributed by atoms with van der Waals surface area (Å²) in [5, 5.41) is 5.59. The molecule has 1 unspecified atom stereocenters. The van der Waals surface area contributed by atoms with E-state index in [9.17, 15) is 9.59 Å². The number of benzene rings is 1. The Morgan fingerprint density at radius 3 is 2.43 bits per heavy atom. The number of carbonyl (C=O) groups excluding carboxylic acids is 2. The summed E-state index contributed by atoms with van der Waals surface area (Å²) in [6.45, 7) is 4.34. The number of hydrogen-bond donors (Lipinski definition) is 2. The number of rotatable bonds is 8. The van der Waals surface area contributed by atoms with Crippen LogP contribution >= 0.6 is 11.8 Å². The Morgan fingerprint density at radius 2 is 1.81 bits per heavy atom. The molecule has 0 aliphatic rings. The number of carbonyl (C=O) groups is 2. The number of nitrogens with one attached hydrogen (secondary N) is 2. The highest BCUT2D eigenvalue weighted by molar-refractivity contribution is 8.00. The average Bonchev–Trinajstić information content (AvgIpc) is 2.41. The molecular weight excluding hydrogens is 288 g/mol. The van der Waals surface area contributed by atoms with Crippen LogP contribution in [0.25, 0.3) is 0 Å². The molecular formula is C15H22N2O3S. The second-order valence-corrected chi connectivity index (χ2v) is 5.82. The van der Waals surface area contributed by atoms with Gasteiger partial charge in [0.05, 0.1) is 18.1 Å². The lowest BCUT2D eigenvalue weighted by Crippen LogP contribution is -2.36. The molecule has 5 nitrogen and oxygen atoms in total. The van der Waals surface area contributed by atoms with E-state index in [0.29, 0.717) is 6.61 Å². The van der Waals surface area contributed by atoms with Crippen molar-refractivity contribution >= 4 is 29.3 Å². The molecule has 1 rings (SSSR count). The number of hydrogen-bond acceptors (Lipinski definition) is 4. The lowest BCUT2D eigenvalue weighted by Gasteiger charge is -2.12. The molecule has 1 aromatic carbocycles. The van der Waals surface area contributed by atoms with Gasteiger partial charge in [-0.3, -0.25) is 9.59 Å². The molecule has 0 heterocycles. The number of amides is 2. The lowest BCUT2D eigenvalue weighted by atomic mass is 10.2. The Labute approximate surface area is 129 Å². The predicted molar refractivity (Wildman–Crippen MR) is 86.6 cm³/mol. The van der Waals surface area contributed by atoms with Gasteiger partial charge in [-0.05, 0) is 26.0 Å². The number of thioether (sulfide) groups is 1. The van der Waals surface area contributed by atoms with Crippen molar-refractivity contribution in [1.82, 2.24) is 5.32 Å². The first-order valence-electron chi connectivity index (χ1n) is 6.74. The van der Waals surface area contributed by atoms with Gasteiger partial charge in [-0.2, -0.15) is 0 Å². The van der Waals surface area contributed by atoms with Crippen molar-refractivity contribution in [3.63, 3.8) is 0 Å². The highest BCUT2D eigenvalue weighted by Gasteiger charge is 2.08. The minimum Gasteiger partial charge on any atom is -0.383 e. The van der Waals surface area contributed by atoms with Gasteiger partial charge in [-0.15, -0.1) is 11.8 Å². The van der Waals surface area contributed by atoms with Crippen molar-refractivity contribution in [3.8, 4) is 0 Å². The maximum atomic E-state index is 11.7. The first kappa shape index (κ1) is 17.5. The normalized spacial score (nSPS) is 11.8. The molecule has 0 fully saturated rings. The molecule has 2 amide bonds. The Morgan fingerprint density at radius 1 is 1.19 bits per heavy atom. The van der Waals surface area contributed by atoms with Crippen LogP contribution in [0.1, 0.15) is 12.5 Å². The van der Waals surface area contributed by atoms with E-state index in [0.717, 1.165) is 11.3 Å². The Hall–Kier alpha value is -1.53. The van der Waals surface area contributed by atoms with E-state index in [-0.39, 0.29) is 29.4 Å². The molecule has 1 aromatic rings. The van der Waals surface area contributed by atoms with Crippen molar-refractivity contribution in [2.45, 2.75) is 19.9 Å². The fourth-order valence-electron chi connectivity index (χ4n) is 1.68. The highest BCUT2D eigenvalue weighted by Crippen LogP contribution is 2.09. The fraction of sp³-hybridized carbons (Fsp3) is 0.467. The quantitative estimate of drug-likeness (QED) is 0.768. The van der Waals surface area contributed by atoms with Crippen LogP contribution in [0.5, 0.6) is 0 Å². The smallest absolute Gasteiger partial charge is 0.234 e. The van der Waals surface area contributed by atoms with Crippen LogP contribution < -0.4 is 10.6 Å². The Kier molecular flexibility index (Phi) is 7.85. The minimum absolute atomic E-state index is 0.0236. The van der Waals surface area contributed by atoms with E-state index < -0.39 is 0 Å². The van der Waals surface area contributed by atoms with Gasteiger partial charge in [0.15, 0.2) is 0 Å². The van der Waals surface area contributed by atoms with Gasteiger partial charge in [-0.25, -0.2) is 0 Å². The number of ether oxygens (including phenoxy) is 1. The molecule has 21 heavy (non-hydrogen) atoms. The standard InChI is InChI=1S/C15H22N2O3S/c1-11-4-6-13(7-5-11)17-15(19)10-21-9-14(18)16-12(2)8-20-3/h4-7,12H,8-10H2,1-3H3,(H,16,18)(H,17,19). The summed E-state index contributed by atoms with van der Waals surface area (Å²) < 4.78 is 4.94. The van der Waals surface area contributed by atoms with E-state index in [1.54, 1.807) is 7.11 Å². The highest BCUT2D eigenvalue weighted by atomic mass is 32.2. The first-order chi connectivity index (χ1) is 10.0. The minimum atomic E-state index is -0.110. The third-order valence-corrected chi connectivity index (χ3v) is 3.56. The number of anilines is 1. The number of methoxy groups -OCH3 is 1. The van der Waals surface area contributed by atoms with Crippen LogP contribution in [0.2, 0.25) is 0 Å². The predicted octanol–water partition coefficient (Wildman–Crippen LogP) is 1.82. The maximum absolute atomic E-state index is 11.7. The zero-order valence-electron chi connectivity index (χ0n) is 12.6. The van der Waals surface area contributed by atoms with Gasteiger partial charge < -0.3 is 15.4 Å². The molecule has 0 bridgehead atoms. The third kappa shape index (κ3) is 7.72. The maximum Gasteiger partial charge on any atom is 0.234 e. The van der Waals surface area contributed by atoms with Gasteiger partial charge in [0.25, 0.3) is 0 Å². The van der Waals surface area contributed by atoms with E-state index in [1.807, 2.05) is 38.1 Å². The van der Waals surface area contributed by atoms with E-state index in [4.69, 9.17) is 4.74 Å². The molecule has 0 saturated carbocycles. The lowest BCUT2D eigenvalue weighted by molar-refractivity contribution is -0.119. The molecule has 2 N–H and O–H groups in total. The monoisotopic (exact) mass is 310 g/mol. The summed E-state index contributed by atoms with van der Waals surface area (Å²) in [5.41, 5.74) is 1.91. The zero-order valence-corrected chi connectivity index (χ0v) is 13.5. The molecule has 0 aromatic heterocycles. The fourth-order valence-corrected chi connectivity index (χ4v) is 2.31. The summed E-state index contributed by atoms with van der Waals surface area (Å²) in [6.07, 6.45) is 0. The van der Waals surface area contributed by atoms with Crippen LogP contribution in [0.15, 0.2) is 24.3 Å². The van der Waals surface area contributed by atoms with Crippen molar-refractivity contribution in [1.29, 1.82) is 0 Å². The topological polar surface area (TPSA) is 67.4 Å². The average molecular weight is 310 g/mol. The summed E-state index contributed by atoms with van der Waals surface area (Å²) >= 11 is 1.29. The van der Waals surface area contributed by atoms with Crippen molar-refractivity contribution in [2.24, 2.45) is 0 Å². The van der Waals surface area contributed by atoms with Crippen LogP contribution in [-0.4, -0.2) is 43.1 Å². The zero-order chi connectivity index (χ0) is 15.7. The van der Waals surface area contributed by atoms with Gasteiger partial charge in [0, 0.05) is 18.8 Å². The molecule has 0 spiro atoms. The summed E-state index contributed by atoms with van der Waals surface area (Å²) in [4.78, 5) is 23.3. The van der Waals surface area contributed by atoms with Gasteiger partial charge in [0.1, 0.15) is 0 Å². The summed E-state index contributed by atoms with van der Waals surface area (Å²) in [7, 11) is 1.59. The molecule has 0 aliphatic heterocycles. The molecule has 0 radical (unpaired) electrons. The number of aryl methyl sites for hydroxylation is 1.